The molecule has 0 saturated carbocycles. The average Bonchev–Trinajstić information content (AvgIpc) is 2.28. The third-order valence-electron chi connectivity index (χ3n) is 2.42. The van der Waals surface area contributed by atoms with Crippen LogP contribution in [0.1, 0.15) is 30.9 Å². The second-order valence-electron chi connectivity index (χ2n) is 3.65. The van der Waals surface area contributed by atoms with Gasteiger partial charge < -0.3 is 9.84 Å². The Kier molecular flexibility index (Phi) is 5.74. The van der Waals surface area contributed by atoms with Crippen LogP contribution in [0.15, 0.2) is 18.2 Å². The molecule has 1 unspecified atom stereocenters. The van der Waals surface area contributed by atoms with Crippen LogP contribution in [-0.2, 0) is 4.74 Å². The molecule has 0 aliphatic carbocycles. The third kappa shape index (κ3) is 3.74. The molecule has 1 atom stereocenters. The highest BCUT2D eigenvalue weighted by molar-refractivity contribution is 6.31. The Balaban J connectivity index is 2.52. The van der Waals surface area contributed by atoms with E-state index in [2.05, 4.69) is 0 Å². The summed E-state index contributed by atoms with van der Waals surface area (Å²) < 4.78 is 18.0. The second kappa shape index (κ2) is 6.84. The fourth-order valence-electron chi connectivity index (χ4n) is 1.52. The highest BCUT2D eigenvalue weighted by atomic mass is 35.5. The van der Waals surface area contributed by atoms with Crippen molar-refractivity contribution in [3.63, 3.8) is 0 Å². The summed E-state index contributed by atoms with van der Waals surface area (Å²) in [5, 5.41) is 9.85. The van der Waals surface area contributed by atoms with E-state index >= 15 is 0 Å². The zero-order chi connectivity index (χ0) is 12.0. The molecule has 4 heteroatoms. The van der Waals surface area contributed by atoms with E-state index in [0.29, 0.717) is 18.6 Å². The summed E-state index contributed by atoms with van der Waals surface area (Å²) in [6.45, 7) is 0.670. The number of rotatable bonds is 6. The summed E-state index contributed by atoms with van der Waals surface area (Å²) in [5.74, 6) is -0.491. The zero-order valence-corrected chi connectivity index (χ0v) is 10.0. The average molecular weight is 247 g/mol. The first-order chi connectivity index (χ1) is 7.66. The van der Waals surface area contributed by atoms with Crippen LogP contribution in [0.3, 0.4) is 0 Å². The van der Waals surface area contributed by atoms with Crippen LogP contribution in [0.5, 0.6) is 0 Å². The van der Waals surface area contributed by atoms with Crippen molar-refractivity contribution in [1.82, 2.24) is 0 Å². The van der Waals surface area contributed by atoms with Gasteiger partial charge >= 0.3 is 0 Å². The van der Waals surface area contributed by atoms with Crippen molar-refractivity contribution in [2.75, 3.05) is 13.7 Å². The molecule has 90 valence electrons. The highest BCUT2D eigenvalue weighted by Gasteiger charge is 2.13. The normalized spacial score (nSPS) is 12.8. The number of hydrogen-bond donors (Lipinski definition) is 1. The predicted molar refractivity (Wildman–Crippen MR) is 62.1 cm³/mol. The molecule has 0 amide bonds. The van der Waals surface area contributed by atoms with Gasteiger partial charge in [-0.3, -0.25) is 0 Å². The number of hydrogen-bond acceptors (Lipinski definition) is 2. The van der Waals surface area contributed by atoms with Gasteiger partial charge in [0.1, 0.15) is 5.82 Å². The Labute approximate surface area is 100.0 Å². The molecule has 1 rings (SSSR count). The molecule has 1 N–H and O–H groups in total. The molecule has 0 spiro atoms. The maximum Gasteiger partial charge on any atom is 0.142 e. The summed E-state index contributed by atoms with van der Waals surface area (Å²) in [7, 11) is 1.64. The Hall–Kier alpha value is -0.640. The van der Waals surface area contributed by atoms with E-state index in [1.165, 1.54) is 6.07 Å². The molecule has 1 aromatic rings. The molecule has 16 heavy (non-hydrogen) atoms. The number of benzene rings is 1. The lowest BCUT2D eigenvalue weighted by atomic mass is 10.0. The largest absolute Gasteiger partial charge is 0.388 e. The van der Waals surface area contributed by atoms with Crippen LogP contribution < -0.4 is 0 Å². The van der Waals surface area contributed by atoms with Gasteiger partial charge in [0, 0.05) is 19.3 Å². The van der Waals surface area contributed by atoms with Crippen molar-refractivity contribution in [2.45, 2.75) is 25.4 Å². The fourth-order valence-corrected chi connectivity index (χ4v) is 1.77. The Morgan fingerprint density at radius 2 is 2.19 bits per heavy atom. The van der Waals surface area contributed by atoms with Crippen LogP contribution in [0.2, 0.25) is 5.02 Å². The Bertz CT molecular complexity index is 331. The minimum atomic E-state index is -0.708. The zero-order valence-electron chi connectivity index (χ0n) is 9.25. The molecule has 0 aliphatic heterocycles. The number of ether oxygens (including phenoxy) is 1. The molecule has 0 bridgehead atoms. The van der Waals surface area contributed by atoms with E-state index in [-0.39, 0.29) is 5.02 Å². The Morgan fingerprint density at radius 1 is 1.44 bits per heavy atom. The van der Waals surface area contributed by atoms with Crippen LogP contribution in [-0.4, -0.2) is 18.8 Å². The lowest BCUT2D eigenvalue weighted by Gasteiger charge is -2.12. The molecule has 0 aromatic heterocycles. The number of methoxy groups -OCH3 is 1. The lowest BCUT2D eigenvalue weighted by molar-refractivity contribution is 0.150. The molecule has 0 heterocycles. The standard InChI is InChI=1S/C12H16ClFO2/c1-16-8-3-2-7-11(15)9-5-4-6-10(14)12(9)13/h4-6,11,15H,2-3,7-8H2,1H3. The first-order valence-corrected chi connectivity index (χ1v) is 5.65. The summed E-state index contributed by atoms with van der Waals surface area (Å²) in [6.07, 6.45) is 1.55. The maximum absolute atomic E-state index is 13.1. The van der Waals surface area contributed by atoms with Crippen molar-refractivity contribution < 1.29 is 14.2 Å². The second-order valence-corrected chi connectivity index (χ2v) is 4.03. The van der Waals surface area contributed by atoms with Crippen molar-refractivity contribution in [3.8, 4) is 0 Å². The molecule has 0 saturated heterocycles. The summed E-state index contributed by atoms with van der Waals surface area (Å²) in [6, 6.07) is 4.48. The first-order valence-electron chi connectivity index (χ1n) is 5.27. The van der Waals surface area contributed by atoms with Crippen molar-refractivity contribution in [2.24, 2.45) is 0 Å². The quantitative estimate of drug-likeness (QED) is 0.781. The third-order valence-corrected chi connectivity index (χ3v) is 2.82. The van der Waals surface area contributed by atoms with Gasteiger partial charge in [-0.25, -0.2) is 4.39 Å². The minimum absolute atomic E-state index is 0.0155. The fraction of sp³-hybridized carbons (Fsp3) is 0.500. The van der Waals surface area contributed by atoms with E-state index in [1.807, 2.05) is 0 Å². The molecule has 1 aromatic carbocycles. The van der Waals surface area contributed by atoms with E-state index in [9.17, 15) is 9.50 Å². The number of unbranched alkanes of at least 4 members (excludes halogenated alkanes) is 1. The summed E-state index contributed by atoms with van der Waals surface area (Å²) >= 11 is 5.77. The smallest absolute Gasteiger partial charge is 0.142 e. The summed E-state index contributed by atoms with van der Waals surface area (Å²) in [4.78, 5) is 0. The number of halogens is 2. The minimum Gasteiger partial charge on any atom is -0.388 e. The van der Waals surface area contributed by atoms with Crippen LogP contribution >= 0.6 is 11.6 Å². The lowest BCUT2D eigenvalue weighted by Crippen LogP contribution is -2.00. The van der Waals surface area contributed by atoms with Crippen molar-refractivity contribution >= 4 is 11.6 Å². The van der Waals surface area contributed by atoms with E-state index in [0.717, 1.165) is 12.8 Å². The van der Waals surface area contributed by atoms with Gasteiger partial charge in [-0.05, 0) is 25.3 Å². The van der Waals surface area contributed by atoms with Gasteiger partial charge in [-0.1, -0.05) is 23.7 Å². The van der Waals surface area contributed by atoms with E-state index in [4.69, 9.17) is 16.3 Å². The monoisotopic (exact) mass is 246 g/mol. The van der Waals surface area contributed by atoms with E-state index in [1.54, 1.807) is 19.2 Å². The van der Waals surface area contributed by atoms with E-state index < -0.39 is 11.9 Å². The van der Waals surface area contributed by atoms with Crippen LogP contribution in [0.4, 0.5) is 4.39 Å². The van der Waals surface area contributed by atoms with Gasteiger partial charge in [-0.2, -0.15) is 0 Å². The van der Waals surface area contributed by atoms with Gasteiger partial charge in [0.15, 0.2) is 0 Å². The summed E-state index contributed by atoms with van der Waals surface area (Å²) in [5.41, 5.74) is 0.457. The van der Waals surface area contributed by atoms with Gasteiger partial charge in [-0.15, -0.1) is 0 Å². The first kappa shape index (κ1) is 13.4. The molecule has 0 fully saturated rings. The molecular formula is C12H16ClFO2. The van der Waals surface area contributed by atoms with Crippen molar-refractivity contribution in [3.05, 3.63) is 34.6 Å². The van der Waals surface area contributed by atoms with Crippen LogP contribution in [0.25, 0.3) is 0 Å². The topological polar surface area (TPSA) is 29.5 Å². The number of aliphatic hydroxyl groups is 1. The molecular weight excluding hydrogens is 231 g/mol. The SMILES string of the molecule is COCCCCC(O)c1cccc(F)c1Cl. The predicted octanol–water partition coefficient (Wildman–Crippen LogP) is 3.33. The highest BCUT2D eigenvalue weighted by Crippen LogP contribution is 2.28. The van der Waals surface area contributed by atoms with Crippen molar-refractivity contribution in [1.29, 1.82) is 0 Å². The van der Waals surface area contributed by atoms with Crippen LogP contribution in [0, 0.1) is 5.82 Å². The maximum atomic E-state index is 13.1. The number of aliphatic hydroxyl groups excluding tert-OH is 1. The van der Waals surface area contributed by atoms with Gasteiger partial charge in [0.25, 0.3) is 0 Å². The molecule has 0 radical (unpaired) electrons. The Morgan fingerprint density at radius 3 is 2.88 bits per heavy atom. The molecule has 0 aliphatic rings. The molecule has 2 nitrogen and oxygen atoms in total. The van der Waals surface area contributed by atoms with Gasteiger partial charge in [0.2, 0.25) is 0 Å². The van der Waals surface area contributed by atoms with Gasteiger partial charge in [0.05, 0.1) is 11.1 Å².